The van der Waals surface area contributed by atoms with Gasteiger partial charge in [0, 0.05) is 24.1 Å². The number of hydrogen-bond acceptors (Lipinski definition) is 9. The highest BCUT2D eigenvalue weighted by molar-refractivity contribution is 7.19. The molecule has 3 aromatic rings. The van der Waals surface area contributed by atoms with Gasteiger partial charge in [0.15, 0.2) is 23.0 Å². The molecule has 0 spiro atoms. The van der Waals surface area contributed by atoms with Crippen LogP contribution in [-0.4, -0.2) is 48.9 Å². The second kappa shape index (κ2) is 13.2. The highest BCUT2D eigenvalue weighted by Gasteiger charge is 2.36. The normalized spacial score (nSPS) is 17.3. The van der Waals surface area contributed by atoms with Gasteiger partial charge in [0.05, 0.1) is 25.0 Å². The molecule has 9 nitrogen and oxygen atoms in total. The van der Waals surface area contributed by atoms with E-state index in [-0.39, 0.29) is 33.9 Å². The molecule has 0 radical (unpaired) electrons. The molecule has 2 amide bonds. The average molecular weight is 626 g/mol. The van der Waals surface area contributed by atoms with Crippen molar-refractivity contribution in [1.29, 1.82) is 0 Å². The number of thiazole rings is 1. The number of hydrogen-bond donors (Lipinski definition) is 0. The summed E-state index contributed by atoms with van der Waals surface area (Å²) < 4.78 is 39.5. The van der Waals surface area contributed by atoms with E-state index < -0.39 is 29.7 Å². The number of anilines is 2. The first kappa shape index (κ1) is 31.9. The number of carbonyl (C=O) groups is 2. The molecule has 0 unspecified atom stereocenters. The maximum Gasteiger partial charge on any atom is 0.422 e. The van der Waals surface area contributed by atoms with Gasteiger partial charge in [0.2, 0.25) is 0 Å². The fourth-order valence-corrected chi connectivity index (χ4v) is 5.93. The predicted octanol–water partition coefficient (Wildman–Crippen LogP) is 7.51. The second-order valence-electron chi connectivity index (χ2n) is 12.9. The van der Waals surface area contributed by atoms with Crippen molar-refractivity contribution in [2.24, 2.45) is 5.41 Å². The lowest BCUT2D eigenvalue weighted by molar-refractivity contribution is -0.226. The number of halogens is 1. The molecule has 236 valence electrons. The number of piperidine rings is 1. The van der Waals surface area contributed by atoms with E-state index in [2.05, 4.69) is 9.88 Å². The van der Waals surface area contributed by atoms with Crippen LogP contribution in [0.25, 0.3) is 0 Å². The van der Waals surface area contributed by atoms with Crippen LogP contribution in [0.1, 0.15) is 81.7 Å². The first-order valence-corrected chi connectivity index (χ1v) is 15.7. The number of aromatic nitrogens is 1. The Bertz CT molecular complexity index is 1460. The minimum absolute atomic E-state index is 0.0795. The average Bonchev–Trinajstić information content (AvgIpc) is 3.46. The number of benzene rings is 2. The number of rotatable bonds is 7. The monoisotopic (exact) mass is 625 g/mol. The minimum atomic E-state index is -0.972. The van der Waals surface area contributed by atoms with Crippen LogP contribution in [0.4, 0.5) is 19.3 Å². The summed E-state index contributed by atoms with van der Waals surface area (Å²) in [5.41, 5.74) is -0.129. The Kier molecular flexibility index (Phi) is 9.57. The van der Waals surface area contributed by atoms with Crippen LogP contribution in [0.3, 0.4) is 0 Å². The lowest BCUT2D eigenvalue weighted by Crippen LogP contribution is -2.41. The Hall–Kier alpha value is -3.54. The summed E-state index contributed by atoms with van der Waals surface area (Å²) in [6.45, 7) is 11.7. The number of imide groups is 1. The van der Waals surface area contributed by atoms with Gasteiger partial charge in [0.25, 0.3) is 5.91 Å². The van der Waals surface area contributed by atoms with Crippen molar-refractivity contribution in [2.75, 3.05) is 36.1 Å². The van der Waals surface area contributed by atoms with Crippen LogP contribution < -0.4 is 14.5 Å². The van der Waals surface area contributed by atoms with Crippen LogP contribution in [-0.2, 0) is 20.8 Å². The van der Waals surface area contributed by atoms with E-state index in [4.69, 9.17) is 18.9 Å². The molecule has 0 bridgehead atoms. The molecule has 0 aliphatic carbocycles. The zero-order valence-corrected chi connectivity index (χ0v) is 26.7. The molecule has 0 atom stereocenters. The summed E-state index contributed by atoms with van der Waals surface area (Å²) in [4.78, 5) is 35.2. The van der Waals surface area contributed by atoms with Crippen molar-refractivity contribution in [2.45, 2.75) is 72.4 Å². The molecule has 2 aliphatic heterocycles. The quantitative estimate of drug-likeness (QED) is 0.267. The van der Waals surface area contributed by atoms with Crippen molar-refractivity contribution < 1.29 is 32.9 Å². The highest BCUT2D eigenvalue weighted by Crippen LogP contribution is 2.39. The van der Waals surface area contributed by atoms with Gasteiger partial charge in [-0.3, -0.25) is 4.79 Å². The number of ether oxygens (including phenoxy) is 4. The van der Waals surface area contributed by atoms with Gasteiger partial charge in [-0.25, -0.2) is 14.2 Å². The molecular formula is C33H40FN3O6S. The molecule has 2 saturated heterocycles. The molecule has 2 aliphatic rings. The molecule has 2 aromatic carbocycles. The Morgan fingerprint density at radius 1 is 1.09 bits per heavy atom. The summed E-state index contributed by atoms with van der Waals surface area (Å²) in [7, 11) is 0. The van der Waals surface area contributed by atoms with E-state index in [0.29, 0.717) is 18.3 Å². The molecule has 11 heteroatoms. The lowest BCUT2D eigenvalue weighted by Gasteiger charge is -2.35. The smallest absolute Gasteiger partial charge is 0.422 e. The van der Waals surface area contributed by atoms with Crippen molar-refractivity contribution in [3.8, 4) is 5.75 Å². The maximum atomic E-state index is 15.9. The third-order valence-corrected chi connectivity index (χ3v) is 8.20. The molecule has 2 fully saturated rings. The summed E-state index contributed by atoms with van der Waals surface area (Å²) >= 11 is 1.22. The number of nitrogens with zero attached hydrogens (tertiary/aromatic N) is 3. The van der Waals surface area contributed by atoms with Gasteiger partial charge in [-0.15, -0.1) is 0 Å². The molecule has 0 saturated carbocycles. The Morgan fingerprint density at radius 2 is 1.77 bits per heavy atom. The number of carbonyl (C=O) groups excluding carboxylic acids is 2. The fourth-order valence-electron chi connectivity index (χ4n) is 4.97. The topological polar surface area (TPSA) is 90.4 Å². The van der Waals surface area contributed by atoms with Crippen LogP contribution in [0.2, 0.25) is 0 Å². The third kappa shape index (κ3) is 7.75. The largest absolute Gasteiger partial charge is 0.485 e. The Morgan fingerprint density at radius 3 is 2.43 bits per heavy atom. The summed E-state index contributed by atoms with van der Waals surface area (Å²) in [5, 5.41) is 0.993. The van der Waals surface area contributed by atoms with E-state index in [1.54, 1.807) is 20.8 Å². The number of amides is 2. The SMILES string of the molecule is CC1(C)COC(c2cc(C(=O)N(C(=O)OC(C)(C)C)c3cnc(N4CCCCC4)s3)cc(F)c2OCc2ccccc2)OC1. The van der Waals surface area contributed by atoms with E-state index in [1.165, 1.54) is 23.6 Å². The third-order valence-electron chi connectivity index (χ3n) is 7.16. The minimum Gasteiger partial charge on any atom is -0.485 e. The Labute approximate surface area is 261 Å². The van der Waals surface area contributed by atoms with Crippen molar-refractivity contribution >= 4 is 33.5 Å². The highest BCUT2D eigenvalue weighted by atomic mass is 32.1. The first-order chi connectivity index (χ1) is 20.9. The van der Waals surface area contributed by atoms with E-state index in [0.717, 1.165) is 48.9 Å². The summed E-state index contributed by atoms with van der Waals surface area (Å²) in [5.74, 6) is -1.62. The van der Waals surface area contributed by atoms with Gasteiger partial charge in [-0.05, 0) is 57.7 Å². The van der Waals surface area contributed by atoms with Gasteiger partial charge in [-0.2, -0.15) is 4.90 Å². The fraction of sp³-hybridized carbons (Fsp3) is 0.485. The van der Waals surface area contributed by atoms with Crippen LogP contribution in [0.5, 0.6) is 5.75 Å². The van der Waals surface area contributed by atoms with Gasteiger partial charge in [0.1, 0.15) is 17.2 Å². The van der Waals surface area contributed by atoms with E-state index >= 15 is 4.39 Å². The van der Waals surface area contributed by atoms with Crippen molar-refractivity contribution in [3.63, 3.8) is 0 Å². The zero-order valence-electron chi connectivity index (χ0n) is 25.9. The Balaban J connectivity index is 1.51. The zero-order chi connectivity index (χ0) is 31.5. The summed E-state index contributed by atoms with van der Waals surface area (Å²) in [6, 6.07) is 11.9. The molecule has 44 heavy (non-hydrogen) atoms. The van der Waals surface area contributed by atoms with Gasteiger partial charge in [-0.1, -0.05) is 55.5 Å². The van der Waals surface area contributed by atoms with Gasteiger partial charge < -0.3 is 23.8 Å². The van der Waals surface area contributed by atoms with E-state index in [9.17, 15) is 9.59 Å². The van der Waals surface area contributed by atoms with E-state index in [1.807, 2.05) is 44.2 Å². The first-order valence-electron chi connectivity index (χ1n) is 14.9. The molecule has 3 heterocycles. The lowest BCUT2D eigenvalue weighted by atomic mass is 9.95. The molecule has 5 rings (SSSR count). The summed E-state index contributed by atoms with van der Waals surface area (Å²) in [6.07, 6.45) is 2.89. The van der Waals surface area contributed by atoms with Crippen molar-refractivity contribution in [1.82, 2.24) is 4.98 Å². The second-order valence-corrected chi connectivity index (χ2v) is 13.9. The molecular weight excluding hydrogens is 585 g/mol. The predicted molar refractivity (Wildman–Crippen MR) is 167 cm³/mol. The van der Waals surface area contributed by atoms with Gasteiger partial charge >= 0.3 is 6.09 Å². The van der Waals surface area contributed by atoms with Crippen molar-refractivity contribution in [3.05, 3.63) is 71.2 Å². The van der Waals surface area contributed by atoms with Crippen LogP contribution in [0, 0.1) is 11.2 Å². The standard InChI is InChI=1S/C33H40FN3O6S/c1-32(2,3)43-31(39)37(26-18-35-30(44-26)36-14-10-7-11-15-36)28(38)23-16-24(29-41-20-33(4,5)21-42-29)27(25(34)17-23)40-19-22-12-8-6-9-13-22/h6,8-9,12-13,16-18,29H,7,10-11,14-15,19-21H2,1-5H3. The van der Waals surface area contributed by atoms with Crippen LogP contribution in [0.15, 0.2) is 48.7 Å². The molecule has 0 N–H and O–H groups in total. The molecule has 1 aromatic heterocycles. The maximum absolute atomic E-state index is 15.9. The van der Waals surface area contributed by atoms with Crippen LogP contribution >= 0.6 is 11.3 Å².